The molecule has 2 unspecified atom stereocenters. The van der Waals surface area contributed by atoms with Gasteiger partial charge in [-0.15, -0.1) is 0 Å². The summed E-state index contributed by atoms with van der Waals surface area (Å²) < 4.78 is 5.61. The predicted octanol–water partition coefficient (Wildman–Crippen LogP) is 5.07. The van der Waals surface area contributed by atoms with Gasteiger partial charge in [-0.2, -0.15) is 0 Å². The quantitative estimate of drug-likeness (QED) is 0.490. The van der Waals surface area contributed by atoms with Crippen LogP contribution in [0.25, 0.3) is 0 Å². The highest BCUT2D eigenvalue weighted by molar-refractivity contribution is 7.09. The van der Waals surface area contributed by atoms with Gasteiger partial charge < -0.3 is 14.7 Å². The number of aliphatic carboxylic acids is 1. The zero-order chi connectivity index (χ0) is 21.0. The summed E-state index contributed by atoms with van der Waals surface area (Å²) in [5.41, 5.74) is 0.547. The highest BCUT2D eigenvalue weighted by atomic mass is 31.0. The first-order chi connectivity index (χ1) is 13.7. The minimum Gasteiger partial charge on any atom is -0.478 e. The molecule has 4 aliphatic carbocycles. The molecule has 4 fully saturated rings. The van der Waals surface area contributed by atoms with E-state index in [2.05, 4.69) is 30.2 Å². The zero-order valence-corrected chi connectivity index (χ0v) is 19.4. The second kappa shape index (κ2) is 7.92. The van der Waals surface area contributed by atoms with Gasteiger partial charge in [-0.3, -0.25) is 0 Å². The van der Waals surface area contributed by atoms with Crippen LogP contribution in [0.1, 0.15) is 72.1 Å². The van der Waals surface area contributed by atoms with Gasteiger partial charge in [-0.05, 0) is 97.7 Å². The first kappa shape index (κ1) is 21.8. The molecule has 0 bridgehead atoms. The van der Waals surface area contributed by atoms with E-state index in [1.807, 2.05) is 6.08 Å². The highest BCUT2D eigenvalue weighted by Crippen LogP contribution is 2.68. The lowest BCUT2D eigenvalue weighted by atomic mass is 9.43. The summed E-state index contributed by atoms with van der Waals surface area (Å²) >= 11 is 0. The molecule has 0 aromatic heterocycles. The van der Waals surface area contributed by atoms with E-state index in [9.17, 15) is 9.90 Å². The second-order valence-corrected chi connectivity index (χ2v) is 11.4. The molecule has 0 spiro atoms. The minimum atomic E-state index is -0.855. The van der Waals surface area contributed by atoms with E-state index in [0.717, 1.165) is 25.7 Å². The summed E-state index contributed by atoms with van der Waals surface area (Å²) in [6.45, 7) is 7.13. The van der Waals surface area contributed by atoms with Gasteiger partial charge in [0.2, 0.25) is 0 Å². The number of hydrogen-bond acceptors (Lipinski definition) is 3. The van der Waals surface area contributed by atoms with Crippen LogP contribution in [0.2, 0.25) is 0 Å². The fourth-order valence-electron chi connectivity index (χ4n) is 8.58. The molecule has 0 heterocycles. The standard InChI is InChI=1S/C24H39O4P/c1-14(4-7-21(26)27)17-5-6-18-22-19(9-11-24(17,18)3)23(2)10-8-16(28-29)12-15(23)13-20(22)25/h4,7,14-20,22,25H,5-6,8-13,29H2,1-3H3,(H,26,27)/b7-4+/t14-,15+,16-,17?,18+,19+,20-,22+,23+,24-/m1/s1. The van der Waals surface area contributed by atoms with Crippen molar-refractivity contribution in [1.82, 2.24) is 0 Å². The van der Waals surface area contributed by atoms with E-state index < -0.39 is 5.97 Å². The molecule has 0 aliphatic heterocycles. The van der Waals surface area contributed by atoms with Crippen molar-refractivity contribution in [3.63, 3.8) is 0 Å². The van der Waals surface area contributed by atoms with Crippen molar-refractivity contribution in [3.8, 4) is 0 Å². The molecule has 0 radical (unpaired) electrons. The van der Waals surface area contributed by atoms with E-state index in [0.29, 0.717) is 41.1 Å². The SMILES string of the molecule is C[C@H](/C=C/C(=O)O)C1CC[C@H]2[C@@H]3[C@H](O)C[C@@H]4C[C@H](OP)CC[C@]4(C)[C@H]3CC[C@]12C. The lowest BCUT2D eigenvalue weighted by Gasteiger charge is -2.62. The van der Waals surface area contributed by atoms with Crippen LogP contribution in [0.5, 0.6) is 0 Å². The molecule has 4 saturated carbocycles. The summed E-state index contributed by atoms with van der Waals surface area (Å²) in [7, 11) is 2.45. The summed E-state index contributed by atoms with van der Waals surface area (Å²) in [5.74, 6) is 2.09. The monoisotopic (exact) mass is 422 g/mol. The Labute approximate surface area is 178 Å². The molecule has 4 aliphatic rings. The number of allylic oxidation sites excluding steroid dienone is 1. The molecule has 11 atom stereocenters. The number of fused-ring (bicyclic) bond motifs is 5. The Morgan fingerprint density at radius 1 is 1.10 bits per heavy atom. The van der Waals surface area contributed by atoms with Gasteiger partial charge >= 0.3 is 5.97 Å². The van der Waals surface area contributed by atoms with Gasteiger partial charge in [0.1, 0.15) is 0 Å². The van der Waals surface area contributed by atoms with E-state index in [1.165, 1.54) is 31.8 Å². The number of carbonyl (C=O) groups is 1. The molecule has 0 aromatic carbocycles. The Kier molecular flexibility index (Phi) is 5.94. The number of carboxylic acids is 1. The van der Waals surface area contributed by atoms with E-state index >= 15 is 0 Å². The van der Waals surface area contributed by atoms with Gasteiger partial charge in [-0.1, -0.05) is 26.8 Å². The molecule has 2 N–H and O–H groups in total. The first-order valence-electron chi connectivity index (χ1n) is 11.7. The molecule has 0 amide bonds. The van der Waals surface area contributed by atoms with Gasteiger partial charge in [0.25, 0.3) is 0 Å². The van der Waals surface area contributed by atoms with Crippen LogP contribution in [0.4, 0.5) is 0 Å². The molecule has 4 nitrogen and oxygen atoms in total. The maximum Gasteiger partial charge on any atom is 0.327 e. The molecule has 0 saturated heterocycles. The third-order valence-electron chi connectivity index (χ3n) is 10.1. The molecular weight excluding hydrogens is 383 g/mol. The fourth-order valence-corrected chi connectivity index (χ4v) is 8.83. The number of hydrogen-bond donors (Lipinski definition) is 2. The zero-order valence-electron chi connectivity index (χ0n) is 18.2. The van der Waals surface area contributed by atoms with Crippen molar-refractivity contribution >= 4 is 15.4 Å². The Morgan fingerprint density at radius 2 is 1.79 bits per heavy atom. The molecule has 29 heavy (non-hydrogen) atoms. The molecule has 5 heteroatoms. The Hall–Kier alpha value is -0.440. The van der Waals surface area contributed by atoms with Gasteiger partial charge in [0.15, 0.2) is 0 Å². The van der Waals surface area contributed by atoms with Crippen LogP contribution in [-0.4, -0.2) is 28.4 Å². The number of aliphatic hydroxyl groups is 1. The molecule has 164 valence electrons. The van der Waals surface area contributed by atoms with Crippen LogP contribution in [0, 0.1) is 46.3 Å². The summed E-state index contributed by atoms with van der Waals surface area (Å²) in [4.78, 5) is 11.0. The largest absolute Gasteiger partial charge is 0.478 e. The lowest BCUT2D eigenvalue weighted by molar-refractivity contribution is -0.171. The topological polar surface area (TPSA) is 66.8 Å². The predicted molar refractivity (Wildman–Crippen MR) is 117 cm³/mol. The van der Waals surface area contributed by atoms with Crippen LogP contribution in [0.3, 0.4) is 0 Å². The van der Waals surface area contributed by atoms with Crippen molar-refractivity contribution in [2.75, 3.05) is 0 Å². The summed E-state index contributed by atoms with van der Waals surface area (Å²) in [5, 5.41) is 20.4. The van der Waals surface area contributed by atoms with E-state index in [1.54, 1.807) is 0 Å². The average Bonchev–Trinajstić information content (AvgIpc) is 3.03. The van der Waals surface area contributed by atoms with Crippen LogP contribution >= 0.6 is 9.47 Å². The molecule has 0 aromatic rings. The van der Waals surface area contributed by atoms with Crippen LogP contribution < -0.4 is 0 Å². The average molecular weight is 423 g/mol. The molecular formula is C24H39O4P. The number of rotatable bonds is 4. The normalized spacial score (nSPS) is 50.6. The number of carboxylic acid groups (broad SMARTS) is 1. The van der Waals surface area contributed by atoms with E-state index in [4.69, 9.17) is 9.63 Å². The first-order valence-corrected chi connectivity index (χ1v) is 12.1. The van der Waals surface area contributed by atoms with Crippen LogP contribution in [0.15, 0.2) is 12.2 Å². The highest BCUT2D eigenvalue weighted by Gasteiger charge is 2.62. The van der Waals surface area contributed by atoms with Crippen molar-refractivity contribution in [3.05, 3.63) is 12.2 Å². The van der Waals surface area contributed by atoms with E-state index in [-0.39, 0.29) is 17.4 Å². The summed E-state index contributed by atoms with van der Waals surface area (Å²) in [6, 6.07) is 0. The maximum absolute atomic E-state index is 11.3. The van der Waals surface area contributed by atoms with Crippen LogP contribution in [-0.2, 0) is 9.32 Å². The smallest absolute Gasteiger partial charge is 0.327 e. The Morgan fingerprint density at radius 3 is 2.48 bits per heavy atom. The molecule has 4 rings (SSSR count). The van der Waals surface area contributed by atoms with Gasteiger partial charge in [-0.25, -0.2) is 4.79 Å². The second-order valence-electron chi connectivity index (χ2n) is 11.1. The van der Waals surface area contributed by atoms with Crippen molar-refractivity contribution in [1.29, 1.82) is 0 Å². The summed E-state index contributed by atoms with van der Waals surface area (Å²) in [6.07, 6.45) is 12.5. The minimum absolute atomic E-state index is 0.199. The number of aliphatic hydroxyl groups excluding tert-OH is 1. The van der Waals surface area contributed by atoms with Gasteiger partial charge in [0, 0.05) is 15.5 Å². The van der Waals surface area contributed by atoms with Crippen molar-refractivity contribution < 1.29 is 19.5 Å². The lowest BCUT2D eigenvalue weighted by Crippen LogP contribution is -2.58. The third-order valence-corrected chi connectivity index (χ3v) is 10.5. The Balaban J connectivity index is 1.57. The fraction of sp³-hybridized carbons (Fsp3) is 0.875. The van der Waals surface area contributed by atoms with Crippen molar-refractivity contribution in [2.24, 2.45) is 46.3 Å². The third kappa shape index (κ3) is 3.52. The Bertz CT molecular complexity index is 665. The van der Waals surface area contributed by atoms with Crippen molar-refractivity contribution in [2.45, 2.75) is 84.3 Å². The maximum atomic E-state index is 11.3. The van der Waals surface area contributed by atoms with Gasteiger partial charge in [0.05, 0.1) is 12.2 Å².